The van der Waals surface area contributed by atoms with E-state index in [1.807, 2.05) is 39.8 Å². The summed E-state index contributed by atoms with van der Waals surface area (Å²) in [6.07, 6.45) is 0. The molecule has 0 aromatic heterocycles. The summed E-state index contributed by atoms with van der Waals surface area (Å²) in [4.78, 5) is 23.3. The van der Waals surface area contributed by atoms with E-state index in [9.17, 15) is 9.59 Å². The van der Waals surface area contributed by atoms with Crippen molar-refractivity contribution in [3.63, 3.8) is 0 Å². The molecule has 7 heteroatoms. The van der Waals surface area contributed by atoms with Gasteiger partial charge in [0.25, 0.3) is 0 Å². The molecule has 1 aromatic carbocycles. The number of nitrogens with two attached hydrogens (primary N) is 1. The third-order valence-electron chi connectivity index (χ3n) is 3.33. The maximum absolute atomic E-state index is 11.6. The number of nitrogens with one attached hydrogen (secondary N) is 2. The highest BCUT2D eigenvalue weighted by atomic mass is 35.5. The highest BCUT2D eigenvalue weighted by molar-refractivity contribution is 5.87. The minimum absolute atomic E-state index is 0. The molecular formula is C17H28ClN3O3. The van der Waals surface area contributed by atoms with E-state index >= 15 is 0 Å². The van der Waals surface area contributed by atoms with Crippen LogP contribution in [0.3, 0.4) is 0 Å². The molecule has 0 unspecified atom stereocenters. The van der Waals surface area contributed by atoms with Crippen LogP contribution in [0.25, 0.3) is 0 Å². The van der Waals surface area contributed by atoms with E-state index in [1.165, 1.54) is 0 Å². The zero-order chi connectivity index (χ0) is 17.4. The molecule has 0 aliphatic carbocycles. The Kier molecular flexibility index (Phi) is 10.1. The Balaban J connectivity index is 0.00000529. The molecule has 6 nitrogen and oxygen atoms in total. The number of aryl methyl sites for hydroxylation is 2. The van der Waals surface area contributed by atoms with Gasteiger partial charge in [-0.2, -0.15) is 0 Å². The van der Waals surface area contributed by atoms with Crippen molar-refractivity contribution in [2.45, 2.75) is 33.7 Å². The Morgan fingerprint density at radius 3 is 2.25 bits per heavy atom. The first kappa shape index (κ1) is 22.2. The van der Waals surface area contributed by atoms with Crippen LogP contribution in [0.2, 0.25) is 0 Å². The quantitative estimate of drug-likeness (QED) is 0.612. The maximum Gasteiger partial charge on any atom is 0.239 e. The number of hydrogen-bond donors (Lipinski definition) is 3. The average Bonchev–Trinajstić information content (AvgIpc) is 2.47. The van der Waals surface area contributed by atoms with Gasteiger partial charge >= 0.3 is 0 Å². The van der Waals surface area contributed by atoms with Crippen LogP contribution < -0.4 is 21.1 Å². The molecule has 1 aromatic rings. The molecule has 24 heavy (non-hydrogen) atoms. The number of carbonyl (C=O) groups excluding carboxylic acids is 2. The highest BCUT2D eigenvalue weighted by Crippen LogP contribution is 2.15. The molecule has 0 aliphatic heterocycles. The first-order chi connectivity index (χ1) is 10.8. The first-order valence-electron chi connectivity index (χ1n) is 7.80. The smallest absolute Gasteiger partial charge is 0.239 e. The molecule has 4 N–H and O–H groups in total. The van der Waals surface area contributed by atoms with Gasteiger partial charge in [0.05, 0.1) is 19.1 Å². The van der Waals surface area contributed by atoms with Crippen molar-refractivity contribution in [2.75, 3.05) is 19.7 Å². The summed E-state index contributed by atoms with van der Waals surface area (Å²) in [6.45, 7) is 8.39. The lowest BCUT2D eigenvalue weighted by atomic mass is 10.1. The second-order valence-electron chi connectivity index (χ2n) is 6.01. The van der Waals surface area contributed by atoms with Crippen molar-refractivity contribution in [1.82, 2.24) is 10.6 Å². The number of halogens is 1. The number of ether oxygens (including phenoxy) is 1. The van der Waals surface area contributed by atoms with Gasteiger partial charge in [-0.05, 0) is 43.0 Å². The second kappa shape index (κ2) is 10.9. The minimum Gasteiger partial charge on any atom is -0.492 e. The van der Waals surface area contributed by atoms with Gasteiger partial charge in [-0.25, -0.2) is 0 Å². The van der Waals surface area contributed by atoms with E-state index in [2.05, 4.69) is 16.7 Å². The predicted molar refractivity (Wildman–Crippen MR) is 97.5 cm³/mol. The second-order valence-corrected chi connectivity index (χ2v) is 6.01. The van der Waals surface area contributed by atoms with Gasteiger partial charge in [0.2, 0.25) is 11.8 Å². The van der Waals surface area contributed by atoms with E-state index in [-0.39, 0.29) is 36.7 Å². The Labute approximate surface area is 149 Å². The van der Waals surface area contributed by atoms with Crippen LogP contribution in [0.4, 0.5) is 0 Å². The van der Waals surface area contributed by atoms with Gasteiger partial charge in [0.15, 0.2) is 0 Å². The van der Waals surface area contributed by atoms with Crippen LogP contribution in [-0.4, -0.2) is 37.6 Å². The van der Waals surface area contributed by atoms with Crippen molar-refractivity contribution in [2.24, 2.45) is 11.7 Å². The monoisotopic (exact) mass is 357 g/mol. The Bertz CT molecular complexity index is 530. The number of amides is 2. The van der Waals surface area contributed by atoms with Crippen LogP contribution in [0.5, 0.6) is 5.75 Å². The van der Waals surface area contributed by atoms with Crippen LogP contribution in [0.1, 0.15) is 25.0 Å². The van der Waals surface area contributed by atoms with Crippen molar-refractivity contribution >= 4 is 24.2 Å². The van der Waals surface area contributed by atoms with Crippen LogP contribution in [0, 0.1) is 19.8 Å². The van der Waals surface area contributed by atoms with Crippen molar-refractivity contribution < 1.29 is 14.3 Å². The Morgan fingerprint density at radius 2 is 1.71 bits per heavy atom. The van der Waals surface area contributed by atoms with Crippen LogP contribution in [0.15, 0.2) is 18.2 Å². The summed E-state index contributed by atoms with van der Waals surface area (Å²) < 4.78 is 5.59. The molecule has 0 spiro atoms. The topological polar surface area (TPSA) is 93.5 Å². The molecule has 0 aliphatic rings. The summed E-state index contributed by atoms with van der Waals surface area (Å²) in [5.74, 6) is 0.233. The molecule has 0 fully saturated rings. The molecule has 0 radical (unpaired) electrons. The highest BCUT2D eigenvalue weighted by Gasteiger charge is 2.17. The minimum atomic E-state index is -0.601. The Morgan fingerprint density at radius 1 is 1.12 bits per heavy atom. The molecule has 1 atom stereocenters. The third-order valence-corrected chi connectivity index (χ3v) is 3.33. The zero-order valence-corrected chi connectivity index (χ0v) is 15.5. The fourth-order valence-electron chi connectivity index (χ4n) is 2.03. The van der Waals surface area contributed by atoms with E-state index in [0.717, 1.165) is 16.9 Å². The van der Waals surface area contributed by atoms with E-state index in [4.69, 9.17) is 10.5 Å². The molecule has 136 valence electrons. The third kappa shape index (κ3) is 8.17. The number of carbonyl (C=O) groups is 2. The molecule has 0 saturated carbocycles. The Hall–Kier alpha value is -1.79. The first-order valence-corrected chi connectivity index (χ1v) is 7.80. The van der Waals surface area contributed by atoms with Gasteiger partial charge in [-0.1, -0.05) is 19.9 Å². The molecule has 0 bridgehead atoms. The predicted octanol–water partition coefficient (Wildman–Crippen LogP) is 1.32. The summed E-state index contributed by atoms with van der Waals surface area (Å²) in [7, 11) is 0. The van der Waals surface area contributed by atoms with Gasteiger partial charge in [0, 0.05) is 0 Å². The lowest BCUT2D eigenvalue weighted by Crippen LogP contribution is -2.47. The summed E-state index contributed by atoms with van der Waals surface area (Å²) in [6, 6.07) is 5.36. The van der Waals surface area contributed by atoms with Gasteiger partial charge < -0.3 is 21.1 Å². The van der Waals surface area contributed by atoms with Crippen LogP contribution in [-0.2, 0) is 9.59 Å². The summed E-state index contributed by atoms with van der Waals surface area (Å²) in [5.41, 5.74) is 7.96. The normalized spacial score (nSPS) is 11.4. The lowest BCUT2D eigenvalue weighted by Gasteiger charge is -2.15. The van der Waals surface area contributed by atoms with Crippen LogP contribution >= 0.6 is 12.4 Å². The van der Waals surface area contributed by atoms with Gasteiger partial charge in [-0.15, -0.1) is 12.4 Å². The SMILES string of the molecule is Cc1cc(C)cc(OCCNC(=O)CNC(=O)[C@@H](N)C(C)C)c1.Cl. The van der Waals surface area contributed by atoms with Gasteiger partial charge in [-0.3, -0.25) is 9.59 Å². The number of benzene rings is 1. The molecule has 2 amide bonds. The van der Waals surface area contributed by atoms with Crippen molar-refractivity contribution in [3.05, 3.63) is 29.3 Å². The largest absolute Gasteiger partial charge is 0.492 e. The van der Waals surface area contributed by atoms with E-state index in [0.29, 0.717) is 13.2 Å². The van der Waals surface area contributed by atoms with Crippen molar-refractivity contribution in [1.29, 1.82) is 0 Å². The fraction of sp³-hybridized carbons (Fsp3) is 0.529. The fourth-order valence-corrected chi connectivity index (χ4v) is 2.03. The standard InChI is InChI=1S/C17H27N3O3.ClH/c1-11(2)16(18)17(22)20-10-15(21)19-5-6-23-14-8-12(3)7-13(4)9-14;/h7-9,11,16H,5-6,10,18H2,1-4H3,(H,19,21)(H,20,22);1H/t16-;/m0./s1. The van der Waals surface area contributed by atoms with E-state index < -0.39 is 6.04 Å². The number of rotatable bonds is 8. The maximum atomic E-state index is 11.6. The molecular weight excluding hydrogens is 330 g/mol. The number of hydrogen-bond acceptors (Lipinski definition) is 4. The summed E-state index contributed by atoms with van der Waals surface area (Å²) in [5, 5.41) is 5.21. The summed E-state index contributed by atoms with van der Waals surface area (Å²) >= 11 is 0. The van der Waals surface area contributed by atoms with Gasteiger partial charge in [0.1, 0.15) is 12.4 Å². The van der Waals surface area contributed by atoms with Crippen molar-refractivity contribution in [3.8, 4) is 5.75 Å². The lowest BCUT2D eigenvalue weighted by molar-refractivity contribution is -0.127. The molecule has 0 saturated heterocycles. The van der Waals surface area contributed by atoms with E-state index in [1.54, 1.807) is 0 Å². The molecule has 0 heterocycles. The molecule has 1 rings (SSSR count). The zero-order valence-electron chi connectivity index (χ0n) is 14.7. The average molecular weight is 358 g/mol.